The minimum Gasteiger partial charge on any atom is -0.392 e. The Bertz CT molecular complexity index is 260. The molecule has 2 rings (SSSR count). The van der Waals surface area contributed by atoms with Gasteiger partial charge in [0.2, 0.25) is 0 Å². The van der Waals surface area contributed by atoms with Crippen LogP contribution in [0.15, 0.2) is 5.16 Å². The number of nitrogens with zero attached hydrogens (tertiary/aromatic N) is 1. The van der Waals surface area contributed by atoms with Gasteiger partial charge in [0.05, 0.1) is 5.71 Å². The first-order chi connectivity index (χ1) is 6.74. The topological polar surface area (TPSA) is 38.7 Å². The Hall–Kier alpha value is -0.860. The van der Waals surface area contributed by atoms with E-state index in [4.69, 9.17) is 4.84 Å². The number of carbonyl (C=O) groups is 1. The molecule has 1 fully saturated rings. The van der Waals surface area contributed by atoms with Crippen molar-refractivity contribution in [1.82, 2.24) is 0 Å². The second kappa shape index (κ2) is 4.11. The van der Waals surface area contributed by atoms with Gasteiger partial charge in [0.15, 0.2) is 0 Å². The summed E-state index contributed by atoms with van der Waals surface area (Å²) in [4.78, 5) is 16.5. The predicted octanol–water partition coefficient (Wildman–Crippen LogP) is 2.30. The van der Waals surface area contributed by atoms with E-state index >= 15 is 0 Å². The molecule has 0 saturated heterocycles. The molecule has 0 amide bonds. The zero-order valence-electron chi connectivity index (χ0n) is 8.66. The van der Waals surface area contributed by atoms with Gasteiger partial charge >= 0.3 is 0 Å². The van der Waals surface area contributed by atoms with Crippen molar-refractivity contribution in [3.05, 3.63) is 0 Å². The second-order valence-corrected chi connectivity index (χ2v) is 4.49. The SMILES string of the molecule is CC1=NOC(CC2CCCC(=O)C2)C1. The van der Waals surface area contributed by atoms with Crippen molar-refractivity contribution in [2.45, 2.75) is 51.6 Å². The Balaban J connectivity index is 1.77. The van der Waals surface area contributed by atoms with Crippen molar-refractivity contribution in [3.63, 3.8) is 0 Å². The Labute approximate surface area is 84.5 Å². The van der Waals surface area contributed by atoms with E-state index in [0.717, 1.165) is 37.8 Å². The Morgan fingerprint density at radius 1 is 1.50 bits per heavy atom. The van der Waals surface area contributed by atoms with Gasteiger partial charge in [0.25, 0.3) is 0 Å². The lowest BCUT2D eigenvalue weighted by atomic mass is 9.84. The standard InChI is InChI=1S/C11H17NO2/c1-8-5-11(14-12-8)7-9-3-2-4-10(13)6-9/h9,11H,2-7H2,1H3. The fourth-order valence-electron chi connectivity index (χ4n) is 2.38. The van der Waals surface area contributed by atoms with Crippen LogP contribution in [0, 0.1) is 5.92 Å². The smallest absolute Gasteiger partial charge is 0.133 e. The maximum Gasteiger partial charge on any atom is 0.133 e. The summed E-state index contributed by atoms with van der Waals surface area (Å²) in [5.74, 6) is 0.972. The zero-order valence-corrected chi connectivity index (χ0v) is 8.66. The van der Waals surface area contributed by atoms with E-state index in [9.17, 15) is 4.79 Å². The molecule has 0 radical (unpaired) electrons. The number of ketones is 1. The molecule has 2 atom stereocenters. The number of hydrogen-bond acceptors (Lipinski definition) is 3. The van der Waals surface area contributed by atoms with Crippen LogP contribution in [0.3, 0.4) is 0 Å². The first kappa shape index (κ1) is 9.69. The van der Waals surface area contributed by atoms with E-state index in [2.05, 4.69) is 5.16 Å². The largest absolute Gasteiger partial charge is 0.392 e. The summed E-state index contributed by atoms with van der Waals surface area (Å²) in [5.41, 5.74) is 1.08. The molecule has 0 aromatic heterocycles. The number of oxime groups is 1. The fourth-order valence-corrected chi connectivity index (χ4v) is 2.38. The minimum atomic E-state index is 0.242. The number of carbonyl (C=O) groups excluding carboxylic acids is 1. The molecule has 1 aliphatic carbocycles. The molecular formula is C11H17NO2. The third-order valence-electron chi connectivity index (χ3n) is 3.06. The fraction of sp³-hybridized carbons (Fsp3) is 0.818. The quantitative estimate of drug-likeness (QED) is 0.678. The molecule has 0 spiro atoms. The maximum absolute atomic E-state index is 11.2. The summed E-state index contributed by atoms with van der Waals surface area (Å²) in [7, 11) is 0. The van der Waals surface area contributed by atoms with Crippen molar-refractivity contribution in [3.8, 4) is 0 Å². The summed E-state index contributed by atoms with van der Waals surface area (Å²) in [5, 5.41) is 3.93. The molecule has 0 aromatic carbocycles. The van der Waals surface area contributed by atoms with Gasteiger partial charge in [-0.25, -0.2) is 0 Å². The van der Waals surface area contributed by atoms with Crippen molar-refractivity contribution < 1.29 is 9.63 Å². The average Bonchev–Trinajstić information content (AvgIpc) is 2.51. The maximum atomic E-state index is 11.2. The Morgan fingerprint density at radius 3 is 3.00 bits per heavy atom. The summed E-state index contributed by atoms with van der Waals surface area (Å²) in [6, 6.07) is 0. The highest BCUT2D eigenvalue weighted by atomic mass is 16.6. The van der Waals surface area contributed by atoms with Crippen LogP contribution in [0.1, 0.15) is 45.4 Å². The van der Waals surface area contributed by atoms with Crippen LogP contribution in [0.4, 0.5) is 0 Å². The van der Waals surface area contributed by atoms with Crippen LogP contribution < -0.4 is 0 Å². The Morgan fingerprint density at radius 2 is 2.36 bits per heavy atom. The van der Waals surface area contributed by atoms with Crippen molar-refractivity contribution in [2.75, 3.05) is 0 Å². The van der Waals surface area contributed by atoms with Gasteiger partial charge in [0.1, 0.15) is 11.9 Å². The van der Waals surface area contributed by atoms with Gasteiger partial charge in [-0.05, 0) is 32.1 Å². The first-order valence-corrected chi connectivity index (χ1v) is 5.45. The highest BCUT2D eigenvalue weighted by molar-refractivity contribution is 5.82. The van der Waals surface area contributed by atoms with Gasteiger partial charge in [0, 0.05) is 19.3 Å². The second-order valence-electron chi connectivity index (χ2n) is 4.49. The van der Waals surface area contributed by atoms with Crippen LogP contribution >= 0.6 is 0 Å². The molecule has 3 heteroatoms. The summed E-state index contributed by atoms with van der Waals surface area (Å²) < 4.78 is 0. The van der Waals surface area contributed by atoms with E-state index in [1.54, 1.807) is 0 Å². The van der Waals surface area contributed by atoms with Crippen LogP contribution in [0.5, 0.6) is 0 Å². The lowest BCUT2D eigenvalue weighted by molar-refractivity contribution is -0.121. The van der Waals surface area contributed by atoms with E-state index in [1.165, 1.54) is 6.42 Å². The lowest BCUT2D eigenvalue weighted by Crippen LogP contribution is -2.20. The third kappa shape index (κ3) is 2.34. The molecule has 2 aliphatic rings. The number of Topliss-reactive ketones (excluding diaryl/α,β-unsaturated/α-hetero) is 1. The number of hydrogen-bond donors (Lipinski definition) is 0. The van der Waals surface area contributed by atoms with Gasteiger partial charge in [-0.15, -0.1) is 0 Å². The van der Waals surface area contributed by atoms with Crippen LogP contribution in [0.2, 0.25) is 0 Å². The zero-order chi connectivity index (χ0) is 9.97. The van der Waals surface area contributed by atoms with Crippen molar-refractivity contribution in [2.24, 2.45) is 11.1 Å². The molecule has 14 heavy (non-hydrogen) atoms. The van der Waals surface area contributed by atoms with Gasteiger partial charge in [-0.3, -0.25) is 4.79 Å². The number of rotatable bonds is 2. The summed E-state index contributed by atoms with van der Waals surface area (Å²) >= 11 is 0. The van der Waals surface area contributed by atoms with Gasteiger partial charge in [-0.1, -0.05) is 5.16 Å². The monoisotopic (exact) mass is 195 g/mol. The highest BCUT2D eigenvalue weighted by Gasteiger charge is 2.26. The van der Waals surface area contributed by atoms with E-state index < -0.39 is 0 Å². The molecule has 0 aromatic rings. The van der Waals surface area contributed by atoms with E-state index in [0.29, 0.717) is 11.7 Å². The highest BCUT2D eigenvalue weighted by Crippen LogP contribution is 2.28. The molecule has 78 valence electrons. The molecule has 0 N–H and O–H groups in total. The Kier molecular flexibility index (Phi) is 2.85. The predicted molar refractivity (Wildman–Crippen MR) is 54.2 cm³/mol. The molecule has 1 aliphatic heterocycles. The molecular weight excluding hydrogens is 178 g/mol. The molecule has 1 heterocycles. The molecule has 2 unspecified atom stereocenters. The lowest BCUT2D eigenvalue weighted by Gasteiger charge is -2.22. The normalized spacial score (nSPS) is 32.6. The van der Waals surface area contributed by atoms with Crippen LogP contribution in [0.25, 0.3) is 0 Å². The van der Waals surface area contributed by atoms with E-state index in [-0.39, 0.29) is 6.10 Å². The van der Waals surface area contributed by atoms with Crippen molar-refractivity contribution in [1.29, 1.82) is 0 Å². The average molecular weight is 195 g/mol. The third-order valence-corrected chi connectivity index (χ3v) is 3.06. The minimum absolute atomic E-state index is 0.242. The van der Waals surface area contributed by atoms with E-state index in [1.807, 2.05) is 6.92 Å². The summed E-state index contributed by atoms with van der Waals surface area (Å²) in [6.07, 6.45) is 6.00. The molecule has 0 bridgehead atoms. The van der Waals surface area contributed by atoms with Gasteiger partial charge < -0.3 is 4.84 Å². The van der Waals surface area contributed by atoms with Crippen LogP contribution in [-0.2, 0) is 9.63 Å². The van der Waals surface area contributed by atoms with Gasteiger partial charge in [-0.2, -0.15) is 0 Å². The first-order valence-electron chi connectivity index (χ1n) is 5.45. The molecule has 3 nitrogen and oxygen atoms in total. The van der Waals surface area contributed by atoms with Crippen LogP contribution in [-0.4, -0.2) is 17.6 Å². The molecule has 1 saturated carbocycles. The summed E-state index contributed by atoms with van der Waals surface area (Å²) in [6.45, 7) is 1.99. The van der Waals surface area contributed by atoms with Crippen molar-refractivity contribution >= 4 is 11.5 Å².